The van der Waals surface area contributed by atoms with Crippen molar-refractivity contribution in [2.45, 2.75) is 24.5 Å². The molecule has 0 aliphatic carbocycles. The van der Waals surface area contributed by atoms with Crippen LogP contribution in [0.3, 0.4) is 0 Å². The first-order valence-corrected chi connectivity index (χ1v) is 6.99. The van der Waals surface area contributed by atoms with Crippen LogP contribution in [-0.4, -0.2) is 4.92 Å². The summed E-state index contributed by atoms with van der Waals surface area (Å²) >= 11 is 1.71. The van der Waals surface area contributed by atoms with E-state index in [4.69, 9.17) is 0 Å². The average Bonchev–Trinajstić information content (AvgIpc) is 2.40. The van der Waals surface area contributed by atoms with E-state index in [9.17, 15) is 10.1 Å². The smallest absolute Gasteiger partial charge is 0.258 e. The molecule has 0 saturated carbocycles. The molecule has 3 nitrogen and oxygen atoms in total. The van der Waals surface area contributed by atoms with Crippen LogP contribution < -0.4 is 0 Å². The minimum Gasteiger partial charge on any atom is -0.258 e. The van der Waals surface area contributed by atoms with E-state index in [2.05, 4.69) is 12.1 Å². The van der Waals surface area contributed by atoms with Crippen LogP contribution in [0.15, 0.2) is 47.4 Å². The molecule has 0 bridgehead atoms. The Kier molecular flexibility index (Phi) is 4.22. The van der Waals surface area contributed by atoms with Crippen molar-refractivity contribution in [3.05, 3.63) is 69.3 Å². The number of hydrogen-bond donors (Lipinski definition) is 0. The number of rotatable bonds is 4. The molecule has 0 fully saturated rings. The van der Waals surface area contributed by atoms with Crippen LogP contribution in [0.1, 0.15) is 16.7 Å². The maximum Gasteiger partial charge on any atom is 0.272 e. The van der Waals surface area contributed by atoms with Crippen LogP contribution in [0, 0.1) is 24.0 Å². The second kappa shape index (κ2) is 5.89. The molecule has 0 spiro atoms. The molecule has 4 heteroatoms. The third-order valence-electron chi connectivity index (χ3n) is 2.93. The Balaban J connectivity index is 2.17. The largest absolute Gasteiger partial charge is 0.272 e. The summed E-state index contributed by atoms with van der Waals surface area (Å²) in [5.41, 5.74) is 3.12. The van der Waals surface area contributed by atoms with E-state index in [1.807, 2.05) is 31.2 Å². The van der Waals surface area contributed by atoms with E-state index in [1.165, 1.54) is 5.56 Å². The third kappa shape index (κ3) is 3.35. The summed E-state index contributed by atoms with van der Waals surface area (Å²) in [5.74, 6) is 0.874. The van der Waals surface area contributed by atoms with Gasteiger partial charge in [-0.3, -0.25) is 10.1 Å². The zero-order valence-corrected chi connectivity index (χ0v) is 11.7. The van der Waals surface area contributed by atoms with E-state index in [1.54, 1.807) is 24.8 Å². The van der Waals surface area contributed by atoms with Gasteiger partial charge in [0.15, 0.2) is 0 Å². The summed E-state index contributed by atoms with van der Waals surface area (Å²) in [7, 11) is 0. The van der Waals surface area contributed by atoms with Gasteiger partial charge in [-0.1, -0.05) is 30.3 Å². The van der Waals surface area contributed by atoms with Crippen LogP contribution in [0.5, 0.6) is 0 Å². The SMILES string of the molecule is Cc1cc([N+](=O)[O-])c(C)cc1SCc1ccccc1. The Hall–Kier alpha value is -1.81. The fraction of sp³-hybridized carbons (Fsp3) is 0.200. The van der Waals surface area contributed by atoms with Gasteiger partial charge in [0.05, 0.1) is 4.92 Å². The van der Waals surface area contributed by atoms with Crippen LogP contribution in [0.2, 0.25) is 0 Å². The zero-order chi connectivity index (χ0) is 13.8. The van der Waals surface area contributed by atoms with E-state index in [-0.39, 0.29) is 10.6 Å². The number of nitrogens with zero attached hydrogens (tertiary/aromatic N) is 1. The molecule has 2 rings (SSSR count). The zero-order valence-electron chi connectivity index (χ0n) is 10.9. The van der Waals surface area contributed by atoms with Gasteiger partial charge in [0.25, 0.3) is 5.69 Å². The maximum atomic E-state index is 10.9. The van der Waals surface area contributed by atoms with Gasteiger partial charge in [-0.25, -0.2) is 0 Å². The number of nitro benzene ring substituents is 1. The van der Waals surface area contributed by atoms with Crippen molar-refractivity contribution < 1.29 is 4.92 Å². The summed E-state index contributed by atoms with van der Waals surface area (Å²) in [5, 5.41) is 10.9. The Morgan fingerprint density at radius 2 is 1.79 bits per heavy atom. The van der Waals surface area contributed by atoms with Crippen LogP contribution in [0.25, 0.3) is 0 Å². The summed E-state index contributed by atoms with van der Waals surface area (Å²) in [6.07, 6.45) is 0. The lowest BCUT2D eigenvalue weighted by Gasteiger charge is -2.07. The molecule has 0 aromatic heterocycles. The molecular weight excluding hydrogens is 258 g/mol. The third-order valence-corrected chi connectivity index (χ3v) is 4.16. The van der Waals surface area contributed by atoms with Gasteiger partial charge in [0, 0.05) is 22.3 Å². The fourth-order valence-corrected chi connectivity index (χ4v) is 2.92. The first kappa shape index (κ1) is 13.6. The molecule has 0 N–H and O–H groups in total. The Bertz CT molecular complexity index is 597. The van der Waals surface area contributed by atoms with E-state index < -0.39 is 0 Å². The maximum absolute atomic E-state index is 10.9. The van der Waals surface area contributed by atoms with Gasteiger partial charge in [-0.2, -0.15) is 0 Å². The lowest BCUT2D eigenvalue weighted by atomic mass is 10.1. The minimum absolute atomic E-state index is 0.196. The first-order valence-electron chi connectivity index (χ1n) is 6.00. The van der Waals surface area contributed by atoms with Gasteiger partial charge < -0.3 is 0 Å². The van der Waals surface area contributed by atoms with Crippen molar-refractivity contribution in [2.24, 2.45) is 0 Å². The van der Waals surface area contributed by atoms with Gasteiger partial charge in [-0.15, -0.1) is 11.8 Å². The summed E-state index contributed by atoms with van der Waals surface area (Å²) in [6.45, 7) is 3.70. The number of aryl methyl sites for hydroxylation is 2. The Morgan fingerprint density at radius 3 is 2.42 bits per heavy atom. The molecule has 0 radical (unpaired) electrons. The lowest BCUT2D eigenvalue weighted by molar-refractivity contribution is -0.385. The van der Waals surface area contributed by atoms with E-state index in [0.717, 1.165) is 16.2 Å². The van der Waals surface area contributed by atoms with Gasteiger partial charge in [0.1, 0.15) is 0 Å². The first-order chi connectivity index (χ1) is 9.08. The fourth-order valence-electron chi connectivity index (χ4n) is 1.86. The molecule has 98 valence electrons. The minimum atomic E-state index is -0.325. The van der Waals surface area contributed by atoms with Gasteiger partial charge in [0.2, 0.25) is 0 Å². The summed E-state index contributed by atoms with van der Waals surface area (Å²) in [4.78, 5) is 11.6. The second-order valence-electron chi connectivity index (χ2n) is 4.44. The standard InChI is InChI=1S/C15H15NO2S/c1-11-9-15(12(2)8-14(11)16(17)18)19-10-13-6-4-3-5-7-13/h3-9H,10H2,1-2H3. The topological polar surface area (TPSA) is 43.1 Å². The van der Waals surface area contributed by atoms with Crippen LogP contribution in [0.4, 0.5) is 5.69 Å². The van der Waals surface area contributed by atoms with Crippen molar-refractivity contribution in [3.63, 3.8) is 0 Å². The molecular formula is C15H15NO2S. The number of benzene rings is 2. The molecule has 0 amide bonds. The highest BCUT2D eigenvalue weighted by atomic mass is 32.2. The molecule has 2 aromatic carbocycles. The van der Waals surface area contributed by atoms with Crippen LogP contribution in [-0.2, 0) is 5.75 Å². The van der Waals surface area contributed by atoms with Gasteiger partial charge >= 0.3 is 0 Å². The highest BCUT2D eigenvalue weighted by Crippen LogP contribution is 2.31. The normalized spacial score (nSPS) is 10.4. The quantitative estimate of drug-likeness (QED) is 0.468. The van der Waals surface area contributed by atoms with E-state index in [0.29, 0.717) is 5.56 Å². The van der Waals surface area contributed by atoms with Crippen molar-refractivity contribution in [1.82, 2.24) is 0 Å². The second-order valence-corrected chi connectivity index (χ2v) is 5.45. The summed E-state index contributed by atoms with van der Waals surface area (Å²) < 4.78 is 0. The van der Waals surface area contributed by atoms with Crippen molar-refractivity contribution >= 4 is 17.4 Å². The lowest BCUT2D eigenvalue weighted by Crippen LogP contribution is -1.94. The van der Waals surface area contributed by atoms with Crippen molar-refractivity contribution in [3.8, 4) is 0 Å². The Morgan fingerprint density at radius 1 is 1.11 bits per heavy atom. The number of thioether (sulfide) groups is 1. The molecule has 0 aliphatic heterocycles. The molecule has 0 heterocycles. The molecule has 19 heavy (non-hydrogen) atoms. The monoisotopic (exact) mass is 273 g/mol. The summed E-state index contributed by atoms with van der Waals surface area (Å²) in [6, 6.07) is 13.8. The number of nitro groups is 1. The molecule has 2 aromatic rings. The van der Waals surface area contributed by atoms with Crippen LogP contribution >= 0.6 is 11.8 Å². The van der Waals surface area contributed by atoms with Crippen molar-refractivity contribution in [1.29, 1.82) is 0 Å². The molecule has 0 saturated heterocycles. The molecule has 0 aliphatic rings. The highest BCUT2D eigenvalue weighted by Gasteiger charge is 2.13. The Labute approximate surface area is 116 Å². The van der Waals surface area contributed by atoms with Crippen molar-refractivity contribution in [2.75, 3.05) is 0 Å². The molecule has 0 unspecified atom stereocenters. The van der Waals surface area contributed by atoms with Gasteiger partial charge in [-0.05, 0) is 31.0 Å². The predicted molar refractivity (Wildman–Crippen MR) is 78.6 cm³/mol. The number of hydrogen-bond acceptors (Lipinski definition) is 3. The van der Waals surface area contributed by atoms with E-state index >= 15 is 0 Å². The average molecular weight is 273 g/mol. The molecule has 0 atom stereocenters. The highest BCUT2D eigenvalue weighted by molar-refractivity contribution is 7.98. The predicted octanol–water partition coefficient (Wildman–Crippen LogP) is 4.50.